The third-order valence-corrected chi connectivity index (χ3v) is 4.68. The Labute approximate surface area is 164 Å². The van der Waals surface area contributed by atoms with Crippen molar-refractivity contribution in [3.05, 3.63) is 54.1 Å². The first-order chi connectivity index (χ1) is 13.7. The fraction of sp³-hybridized carbons (Fsp3) is 0.364. The van der Waals surface area contributed by atoms with Gasteiger partial charge in [0.1, 0.15) is 17.6 Å². The van der Waals surface area contributed by atoms with Crippen LogP contribution in [0.2, 0.25) is 0 Å². The lowest BCUT2D eigenvalue weighted by atomic mass is 9.98. The predicted octanol–water partition coefficient (Wildman–Crippen LogP) is 4.20. The van der Waals surface area contributed by atoms with E-state index in [-0.39, 0.29) is 24.6 Å². The van der Waals surface area contributed by atoms with E-state index in [9.17, 15) is 9.59 Å². The molecule has 0 aliphatic heterocycles. The van der Waals surface area contributed by atoms with Crippen LogP contribution >= 0.6 is 0 Å². The van der Waals surface area contributed by atoms with E-state index in [1.165, 1.54) is 6.42 Å². The fourth-order valence-corrected chi connectivity index (χ4v) is 3.19. The molecule has 1 aliphatic carbocycles. The number of benzene rings is 2. The highest BCUT2D eigenvalue weighted by Crippen LogP contribution is 2.24. The molecule has 0 bridgehead atoms. The van der Waals surface area contributed by atoms with Gasteiger partial charge in [-0.1, -0.05) is 18.6 Å². The van der Waals surface area contributed by atoms with Gasteiger partial charge < -0.3 is 19.5 Å². The SMILES string of the molecule is COc1ccccc1NC(=O)c1ccc(OCC(=O)OC2CCCCC2)cc1. The summed E-state index contributed by atoms with van der Waals surface area (Å²) in [5, 5.41) is 2.81. The number of anilines is 1. The molecule has 0 unspecified atom stereocenters. The predicted molar refractivity (Wildman–Crippen MR) is 106 cm³/mol. The third kappa shape index (κ3) is 5.49. The van der Waals surface area contributed by atoms with Crippen LogP contribution < -0.4 is 14.8 Å². The van der Waals surface area contributed by atoms with E-state index in [4.69, 9.17) is 14.2 Å². The Balaban J connectivity index is 1.50. The molecule has 0 aromatic heterocycles. The van der Waals surface area contributed by atoms with Crippen LogP contribution in [0.25, 0.3) is 0 Å². The lowest BCUT2D eigenvalue weighted by molar-refractivity contribution is -0.152. The first-order valence-corrected chi connectivity index (χ1v) is 9.52. The Hall–Kier alpha value is -3.02. The van der Waals surface area contributed by atoms with Gasteiger partial charge in [-0.3, -0.25) is 4.79 Å². The Morgan fingerprint density at radius 2 is 1.71 bits per heavy atom. The highest BCUT2D eigenvalue weighted by atomic mass is 16.6. The summed E-state index contributed by atoms with van der Waals surface area (Å²) in [5.74, 6) is 0.486. The minimum absolute atomic E-state index is 0.0194. The van der Waals surface area contributed by atoms with E-state index >= 15 is 0 Å². The lowest BCUT2D eigenvalue weighted by Gasteiger charge is -2.21. The van der Waals surface area contributed by atoms with Crippen molar-refractivity contribution < 1.29 is 23.8 Å². The second-order valence-corrected chi connectivity index (χ2v) is 6.72. The van der Waals surface area contributed by atoms with Gasteiger partial charge in [0.2, 0.25) is 0 Å². The molecule has 2 aromatic carbocycles. The van der Waals surface area contributed by atoms with Gasteiger partial charge in [0.15, 0.2) is 6.61 Å². The highest BCUT2D eigenvalue weighted by Gasteiger charge is 2.18. The van der Waals surface area contributed by atoms with Crippen LogP contribution in [0.3, 0.4) is 0 Å². The standard InChI is InChI=1S/C22H25NO5/c1-26-20-10-6-5-9-19(20)23-22(25)16-11-13-17(14-12-16)27-15-21(24)28-18-7-3-2-4-8-18/h5-6,9-14,18H,2-4,7-8,15H2,1H3,(H,23,25). The largest absolute Gasteiger partial charge is 0.495 e. The van der Waals surface area contributed by atoms with Gasteiger partial charge in [-0.2, -0.15) is 0 Å². The van der Waals surface area contributed by atoms with Crippen molar-refractivity contribution in [1.29, 1.82) is 0 Å². The maximum atomic E-state index is 12.4. The van der Waals surface area contributed by atoms with Gasteiger partial charge >= 0.3 is 5.97 Å². The molecule has 1 amide bonds. The number of amides is 1. The number of methoxy groups -OCH3 is 1. The quantitative estimate of drug-likeness (QED) is 0.725. The van der Waals surface area contributed by atoms with Crippen LogP contribution in [-0.4, -0.2) is 31.7 Å². The summed E-state index contributed by atoms with van der Waals surface area (Å²) in [6, 6.07) is 13.8. The number of para-hydroxylation sites is 2. The molecule has 28 heavy (non-hydrogen) atoms. The molecule has 0 saturated heterocycles. The molecule has 1 N–H and O–H groups in total. The van der Waals surface area contributed by atoms with Gasteiger partial charge in [0, 0.05) is 5.56 Å². The molecular weight excluding hydrogens is 358 g/mol. The maximum absolute atomic E-state index is 12.4. The Kier molecular flexibility index (Phi) is 6.89. The number of ether oxygens (including phenoxy) is 3. The van der Waals surface area contributed by atoms with E-state index in [0.717, 1.165) is 25.7 Å². The zero-order chi connectivity index (χ0) is 19.8. The molecule has 1 aliphatic rings. The van der Waals surface area contributed by atoms with Crippen LogP contribution in [-0.2, 0) is 9.53 Å². The van der Waals surface area contributed by atoms with Crippen molar-refractivity contribution in [2.75, 3.05) is 19.0 Å². The second-order valence-electron chi connectivity index (χ2n) is 6.72. The number of hydrogen-bond acceptors (Lipinski definition) is 5. The van der Waals surface area contributed by atoms with Crippen molar-refractivity contribution in [3.63, 3.8) is 0 Å². The summed E-state index contributed by atoms with van der Waals surface area (Å²) in [7, 11) is 1.55. The van der Waals surface area contributed by atoms with Crippen LogP contribution in [0.4, 0.5) is 5.69 Å². The average Bonchev–Trinajstić information content (AvgIpc) is 2.73. The minimum Gasteiger partial charge on any atom is -0.495 e. The fourth-order valence-electron chi connectivity index (χ4n) is 3.19. The summed E-state index contributed by atoms with van der Waals surface area (Å²) in [4.78, 5) is 24.3. The van der Waals surface area contributed by atoms with Crippen LogP contribution in [0.1, 0.15) is 42.5 Å². The van der Waals surface area contributed by atoms with E-state index in [1.807, 2.05) is 12.1 Å². The number of nitrogens with one attached hydrogen (secondary N) is 1. The molecular formula is C22H25NO5. The van der Waals surface area contributed by atoms with E-state index in [0.29, 0.717) is 22.7 Å². The van der Waals surface area contributed by atoms with Gasteiger partial charge in [-0.05, 0) is 62.1 Å². The number of carbonyl (C=O) groups excluding carboxylic acids is 2. The van der Waals surface area contributed by atoms with Crippen molar-refractivity contribution in [1.82, 2.24) is 0 Å². The summed E-state index contributed by atoms with van der Waals surface area (Å²) in [6.45, 7) is -0.136. The van der Waals surface area contributed by atoms with Gasteiger partial charge in [0.05, 0.1) is 12.8 Å². The molecule has 2 aromatic rings. The van der Waals surface area contributed by atoms with Gasteiger partial charge in [0.25, 0.3) is 5.91 Å². The lowest BCUT2D eigenvalue weighted by Crippen LogP contribution is -2.24. The van der Waals surface area contributed by atoms with E-state index < -0.39 is 0 Å². The Bertz CT molecular complexity index is 797. The molecule has 0 radical (unpaired) electrons. The smallest absolute Gasteiger partial charge is 0.344 e. The van der Waals surface area contributed by atoms with Crippen LogP contribution in [0, 0.1) is 0 Å². The summed E-state index contributed by atoms with van der Waals surface area (Å²) in [5.41, 5.74) is 1.07. The zero-order valence-corrected chi connectivity index (χ0v) is 16.0. The molecule has 0 heterocycles. The zero-order valence-electron chi connectivity index (χ0n) is 16.0. The maximum Gasteiger partial charge on any atom is 0.344 e. The first kappa shape index (κ1) is 19.7. The number of hydrogen-bond donors (Lipinski definition) is 1. The van der Waals surface area contributed by atoms with Gasteiger partial charge in [-0.25, -0.2) is 4.79 Å². The van der Waals surface area contributed by atoms with Crippen LogP contribution in [0.15, 0.2) is 48.5 Å². The summed E-state index contributed by atoms with van der Waals surface area (Å²) in [6.07, 6.45) is 5.31. The number of rotatable bonds is 7. The molecule has 1 saturated carbocycles. The monoisotopic (exact) mass is 383 g/mol. The number of carbonyl (C=O) groups is 2. The van der Waals surface area contributed by atoms with Gasteiger partial charge in [-0.15, -0.1) is 0 Å². The van der Waals surface area contributed by atoms with Crippen molar-refractivity contribution in [3.8, 4) is 11.5 Å². The third-order valence-electron chi connectivity index (χ3n) is 4.68. The molecule has 6 nitrogen and oxygen atoms in total. The molecule has 0 spiro atoms. The first-order valence-electron chi connectivity index (χ1n) is 9.52. The summed E-state index contributed by atoms with van der Waals surface area (Å²) < 4.78 is 16.1. The van der Waals surface area contributed by atoms with Crippen molar-refractivity contribution >= 4 is 17.6 Å². The van der Waals surface area contributed by atoms with E-state index in [2.05, 4.69) is 5.32 Å². The molecule has 1 fully saturated rings. The number of esters is 1. The Morgan fingerprint density at radius 3 is 2.43 bits per heavy atom. The molecule has 0 atom stereocenters. The Morgan fingerprint density at radius 1 is 1.00 bits per heavy atom. The average molecular weight is 383 g/mol. The summed E-state index contributed by atoms with van der Waals surface area (Å²) >= 11 is 0. The molecule has 148 valence electrons. The minimum atomic E-state index is -0.357. The topological polar surface area (TPSA) is 73.9 Å². The second kappa shape index (κ2) is 9.78. The van der Waals surface area contributed by atoms with Crippen molar-refractivity contribution in [2.24, 2.45) is 0 Å². The molecule has 3 rings (SSSR count). The molecule has 6 heteroatoms. The highest BCUT2D eigenvalue weighted by molar-refractivity contribution is 6.05. The van der Waals surface area contributed by atoms with Crippen LogP contribution in [0.5, 0.6) is 11.5 Å². The normalized spacial score (nSPS) is 14.2. The van der Waals surface area contributed by atoms with Crippen molar-refractivity contribution in [2.45, 2.75) is 38.2 Å². The van der Waals surface area contributed by atoms with E-state index in [1.54, 1.807) is 43.5 Å².